The second-order valence-corrected chi connectivity index (χ2v) is 4.52. The number of aliphatic hydroxyl groups is 1. The van der Waals surface area contributed by atoms with Crippen LogP contribution in [0.25, 0.3) is 0 Å². The summed E-state index contributed by atoms with van der Waals surface area (Å²) in [4.78, 5) is 13.7. The molecule has 112 valence electrons. The predicted molar refractivity (Wildman–Crippen MR) is 76.9 cm³/mol. The van der Waals surface area contributed by atoms with Crippen molar-refractivity contribution >= 4 is 11.6 Å². The maximum atomic E-state index is 12.3. The third kappa shape index (κ3) is 4.71. The minimum Gasteiger partial charge on any atom is -0.494 e. The number of rotatable bonds is 7. The van der Waals surface area contributed by atoms with Gasteiger partial charge in [0.15, 0.2) is 0 Å². The van der Waals surface area contributed by atoms with Gasteiger partial charge in [-0.3, -0.25) is 4.79 Å². The Kier molecular flexibility index (Phi) is 6.27. The molecule has 1 aromatic carbocycles. The predicted octanol–water partition coefficient (Wildman–Crippen LogP) is 0.747. The molecule has 1 rings (SSSR count). The highest BCUT2D eigenvalue weighted by Gasteiger charge is 2.16. The fraction of sp³-hybridized carbons (Fsp3) is 0.500. The van der Waals surface area contributed by atoms with E-state index in [2.05, 4.69) is 0 Å². The van der Waals surface area contributed by atoms with Crippen molar-refractivity contribution in [2.75, 3.05) is 39.6 Å². The van der Waals surface area contributed by atoms with Crippen LogP contribution in [-0.2, 0) is 4.74 Å². The number of hydrogen-bond donors (Lipinski definition) is 2. The molecule has 0 saturated carbocycles. The number of benzene rings is 1. The Hall–Kier alpha value is -1.79. The zero-order valence-corrected chi connectivity index (χ0v) is 12.1. The van der Waals surface area contributed by atoms with E-state index in [1.807, 2.05) is 6.92 Å². The zero-order valence-electron chi connectivity index (χ0n) is 12.1. The molecular formula is C14H22N2O4. The van der Waals surface area contributed by atoms with E-state index in [1.165, 1.54) is 12.0 Å². The molecule has 0 saturated heterocycles. The number of nitrogen functional groups attached to an aromatic ring is 1. The van der Waals surface area contributed by atoms with Gasteiger partial charge in [0.2, 0.25) is 0 Å². The SMILES string of the molecule is CCOc1cc(N)cc(C(=O)N(C)CC(O)COC)c1. The molecule has 0 aliphatic rings. The zero-order chi connectivity index (χ0) is 15.1. The molecule has 6 heteroatoms. The Bertz CT molecular complexity index is 451. The number of ether oxygens (including phenoxy) is 2. The standard InChI is InChI=1S/C14H22N2O4/c1-4-20-13-6-10(5-11(15)7-13)14(18)16(2)8-12(17)9-19-3/h5-7,12,17H,4,8-9,15H2,1-3H3. The van der Waals surface area contributed by atoms with Gasteiger partial charge >= 0.3 is 0 Å². The molecule has 0 aliphatic carbocycles. The highest BCUT2D eigenvalue weighted by atomic mass is 16.5. The average Bonchev–Trinajstić information content (AvgIpc) is 2.37. The van der Waals surface area contributed by atoms with Crippen molar-refractivity contribution in [1.82, 2.24) is 4.90 Å². The van der Waals surface area contributed by atoms with Crippen molar-refractivity contribution in [1.29, 1.82) is 0 Å². The summed E-state index contributed by atoms with van der Waals surface area (Å²) in [6, 6.07) is 4.89. The van der Waals surface area contributed by atoms with Gasteiger partial charge in [0.1, 0.15) is 5.75 Å². The highest BCUT2D eigenvalue weighted by molar-refractivity contribution is 5.95. The molecule has 0 spiro atoms. The summed E-state index contributed by atoms with van der Waals surface area (Å²) in [5, 5.41) is 9.64. The molecule has 20 heavy (non-hydrogen) atoms. The second-order valence-electron chi connectivity index (χ2n) is 4.52. The molecule has 1 atom stereocenters. The van der Waals surface area contributed by atoms with Gasteiger partial charge in [-0.2, -0.15) is 0 Å². The fourth-order valence-corrected chi connectivity index (χ4v) is 1.86. The van der Waals surface area contributed by atoms with E-state index in [-0.39, 0.29) is 19.1 Å². The number of likely N-dealkylation sites (N-methyl/N-ethyl adjacent to an activating group) is 1. The van der Waals surface area contributed by atoms with Gasteiger partial charge in [0.25, 0.3) is 5.91 Å². The van der Waals surface area contributed by atoms with Gasteiger partial charge in [0.05, 0.1) is 19.3 Å². The largest absolute Gasteiger partial charge is 0.494 e. The number of nitrogens with zero attached hydrogens (tertiary/aromatic N) is 1. The fourth-order valence-electron chi connectivity index (χ4n) is 1.86. The van der Waals surface area contributed by atoms with E-state index in [1.54, 1.807) is 25.2 Å². The lowest BCUT2D eigenvalue weighted by Gasteiger charge is -2.21. The summed E-state index contributed by atoms with van der Waals surface area (Å²) >= 11 is 0. The summed E-state index contributed by atoms with van der Waals surface area (Å²) in [6.45, 7) is 2.72. The van der Waals surface area contributed by atoms with Crippen LogP contribution in [0.3, 0.4) is 0 Å². The smallest absolute Gasteiger partial charge is 0.253 e. The maximum Gasteiger partial charge on any atom is 0.253 e. The minimum absolute atomic E-state index is 0.179. The van der Waals surface area contributed by atoms with E-state index in [0.29, 0.717) is 23.6 Å². The monoisotopic (exact) mass is 282 g/mol. The number of amides is 1. The maximum absolute atomic E-state index is 12.3. The topological polar surface area (TPSA) is 85.0 Å². The molecule has 0 fully saturated rings. The van der Waals surface area contributed by atoms with Crippen LogP contribution in [0.2, 0.25) is 0 Å². The first-order chi connectivity index (χ1) is 9.47. The molecule has 3 N–H and O–H groups in total. The van der Waals surface area contributed by atoms with E-state index in [4.69, 9.17) is 15.2 Å². The number of carbonyl (C=O) groups excluding carboxylic acids is 1. The van der Waals surface area contributed by atoms with Crippen LogP contribution in [0, 0.1) is 0 Å². The summed E-state index contributed by atoms with van der Waals surface area (Å²) in [6.07, 6.45) is -0.721. The van der Waals surface area contributed by atoms with Gasteiger partial charge < -0.3 is 25.2 Å². The number of nitrogens with two attached hydrogens (primary N) is 1. The summed E-state index contributed by atoms with van der Waals surface area (Å²) in [5.41, 5.74) is 6.65. The molecule has 0 aliphatic heterocycles. The highest BCUT2D eigenvalue weighted by Crippen LogP contribution is 2.20. The van der Waals surface area contributed by atoms with Gasteiger partial charge in [-0.1, -0.05) is 0 Å². The number of hydrogen-bond acceptors (Lipinski definition) is 5. The van der Waals surface area contributed by atoms with E-state index in [0.717, 1.165) is 0 Å². The number of anilines is 1. The lowest BCUT2D eigenvalue weighted by molar-refractivity contribution is 0.0380. The number of carbonyl (C=O) groups is 1. The van der Waals surface area contributed by atoms with Gasteiger partial charge in [-0.25, -0.2) is 0 Å². The Morgan fingerprint density at radius 1 is 1.45 bits per heavy atom. The summed E-state index contributed by atoms with van der Waals surface area (Å²) < 4.78 is 10.2. The van der Waals surface area contributed by atoms with Crippen molar-refractivity contribution in [3.8, 4) is 5.75 Å². The lowest BCUT2D eigenvalue weighted by atomic mass is 10.1. The third-order valence-corrected chi connectivity index (χ3v) is 2.68. The first-order valence-corrected chi connectivity index (χ1v) is 6.43. The van der Waals surface area contributed by atoms with Crippen LogP contribution in [0.1, 0.15) is 17.3 Å². The normalized spacial score (nSPS) is 12.0. The quantitative estimate of drug-likeness (QED) is 0.721. The Morgan fingerprint density at radius 2 is 2.15 bits per heavy atom. The van der Waals surface area contributed by atoms with Crippen LogP contribution in [0.4, 0.5) is 5.69 Å². The average molecular weight is 282 g/mol. The van der Waals surface area contributed by atoms with Crippen LogP contribution in [-0.4, -0.2) is 55.9 Å². The Balaban J connectivity index is 2.80. The van der Waals surface area contributed by atoms with Crippen molar-refractivity contribution in [2.45, 2.75) is 13.0 Å². The second kappa shape index (κ2) is 7.72. The van der Waals surface area contributed by atoms with E-state index < -0.39 is 6.10 Å². The summed E-state index contributed by atoms with van der Waals surface area (Å²) in [5.74, 6) is 0.329. The number of aliphatic hydroxyl groups excluding tert-OH is 1. The van der Waals surface area contributed by atoms with Gasteiger partial charge in [-0.15, -0.1) is 0 Å². The van der Waals surface area contributed by atoms with Crippen molar-refractivity contribution in [2.24, 2.45) is 0 Å². The molecule has 0 aromatic heterocycles. The van der Waals surface area contributed by atoms with Crippen LogP contribution >= 0.6 is 0 Å². The molecule has 0 radical (unpaired) electrons. The molecule has 0 bridgehead atoms. The van der Waals surface area contributed by atoms with Gasteiger partial charge in [0, 0.05) is 38.0 Å². The van der Waals surface area contributed by atoms with Gasteiger partial charge in [-0.05, 0) is 19.1 Å². The lowest BCUT2D eigenvalue weighted by Crippen LogP contribution is -2.36. The van der Waals surface area contributed by atoms with Crippen molar-refractivity contribution < 1.29 is 19.4 Å². The van der Waals surface area contributed by atoms with Crippen LogP contribution in [0.5, 0.6) is 5.75 Å². The van der Waals surface area contributed by atoms with Crippen LogP contribution in [0.15, 0.2) is 18.2 Å². The third-order valence-electron chi connectivity index (χ3n) is 2.68. The minimum atomic E-state index is -0.721. The molecule has 6 nitrogen and oxygen atoms in total. The summed E-state index contributed by atoms with van der Waals surface area (Å²) in [7, 11) is 3.11. The van der Waals surface area contributed by atoms with Crippen molar-refractivity contribution in [3.63, 3.8) is 0 Å². The first-order valence-electron chi connectivity index (χ1n) is 6.43. The molecule has 1 aromatic rings. The van der Waals surface area contributed by atoms with E-state index >= 15 is 0 Å². The Labute approximate surface area is 119 Å². The molecule has 0 heterocycles. The van der Waals surface area contributed by atoms with E-state index in [9.17, 15) is 9.90 Å². The Morgan fingerprint density at radius 3 is 2.75 bits per heavy atom. The molecule has 1 unspecified atom stereocenters. The molecule has 1 amide bonds. The van der Waals surface area contributed by atoms with Crippen LogP contribution < -0.4 is 10.5 Å². The van der Waals surface area contributed by atoms with Crippen molar-refractivity contribution in [3.05, 3.63) is 23.8 Å². The first kappa shape index (κ1) is 16.3. The molecular weight excluding hydrogens is 260 g/mol. The number of methoxy groups -OCH3 is 1.